The molecule has 2 aromatic rings. The Balaban J connectivity index is 2.57. The molecule has 1 heterocycles. The molecule has 0 radical (unpaired) electrons. The van der Waals surface area contributed by atoms with Crippen molar-refractivity contribution in [3.63, 3.8) is 0 Å². The van der Waals surface area contributed by atoms with Gasteiger partial charge in [0.25, 0.3) is 0 Å². The monoisotopic (exact) mass is 354 g/mol. The summed E-state index contributed by atoms with van der Waals surface area (Å²) in [6.45, 7) is 0. The first kappa shape index (κ1) is 14.4. The molecular weight excluding hydrogens is 351 g/mol. The summed E-state index contributed by atoms with van der Waals surface area (Å²) in [6, 6.07) is 0. The molecule has 0 unspecified atom stereocenters. The molecule has 4 nitrogen and oxygen atoms in total. The number of rotatable bonds is 2. The third-order valence-corrected chi connectivity index (χ3v) is 3.05. The summed E-state index contributed by atoms with van der Waals surface area (Å²) >= 11 is 2.92. The minimum atomic E-state index is -2.24. The van der Waals surface area contributed by atoms with Crippen LogP contribution in [-0.2, 0) is 0 Å². The largest absolute Gasteiger partial charge is 0.383 e. The zero-order chi connectivity index (χ0) is 15.0. The van der Waals surface area contributed by atoms with Crippen molar-refractivity contribution in [1.82, 2.24) is 9.97 Å². The number of aromatic nitrogens is 2. The van der Waals surface area contributed by atoms with Gasteiger partial charge in [-0.15, -0.1) is 0 Å². The minimum absolute atomic E-state index is 0.0175. The molecule has 0 aliphatic rings. The highest BCUT2D eigenvalue weighted by Gasteiger charge is 2.26. The Hall–Kier alpha value is -1.97. The lowest BCUT2D eigenvalue weighted by atomic mass is 10.2. The van der Waals surface area contributed by atoms with Crippen LogP contribution in [0.1, 0.15) is 0 Å². The van der Waals surface area contributed by atoms with Crippen LogP contribution >= 0.6 is 15.9 Å². The van der Waals surface area contributed by atoms with Crippen LogP contribution in [0.2, 0.25) is 0 Å². The maximum absolute atomic E-state index is 13.4. The van der Waals surface area contributed by atoms with Crippen molar-refractivity contribution in [3.8, 4) is 0 Å². The number of hydrogen-bond donors (Lipinski definition) is 2. The molecule has 3 N–H and O–H groups in total. The molecule has 0 amide bonds. The van der Waals surface area contributed by atoms with E-state index in [9.17, 15) is 22.0 Å². The van der Waals surface area contributed by atoms with Crippen molar-refractivity contribution in [1.29, 1.82) is 0 Å². The third-order valence-electron chi connectivity index (χ3n) is 2.27. The Morgan fingerprint density at radius 3 is 1.95 bits per heavy atom. The van der Waals surface area contributed by atoms with Crippen LogP contribution in [0, 0.1) is 29.1 Å². The zero-order valence-corrected chi connectivity index (χ0v) is 10.9. The van der Waals surface area contributed by atoms with Crippen LogP contribution in [0.15, 0.2) is 10.8 Å². The normalized spacial score (nSPS) is 10.7. The number of halogens is 6. The van der Waals surface area contributed by atoms with E-state index in [1.807, 2.05) is 5.32 Å². The maximum atomic E-state index is 13.4. The van der Waals surface area contributed by atoms with E-state index in [2.05, 4.69) is 25.9 Å². The lowest BCUT2D eigenvalue weighted by Crippen LogP contribution is -2.08. The van der Waals surface area contributed by atoms with E-state index in [1.165, 1.54) is 0 Å². The minimum Gasteiger partial charge on any atom is -0.383 e. The molecule has 1 aromatic heterocycles. The molecule has 1 aromatic carbocycles. The molecule has 106 valence electrons. The first-order valence-electron chi connectivity index (χ1n) is 4.89. The highest BCUT2D eigenvalue weighted by Crippen LogP contribution is 2.32. The Morgan fingerprint density at radius 1 is 0.900 bits per heavy atom. The molecule has 0 atom stereocenters. The van der Waals surface area contributed by atoms with Gasteiger partial charge in [0.15, 0.2) is 23.3 Å². The summed E-state index contributed by atoms with van der Waals surface area (Å²) in [4.78, 5) is 7.14. The Kier molecular flexibility index (Phi) is 3.75. The number of hydrogen-bond acceptors (Lipinski definition) is 4. The maximum Gasteiger partial charge on any atom is 0.200 e. The number of nitrogens with two attached hydrogens (primary N) is 1. The highest BCUT2D eigenvalue weighted by atomic mass is 79.9. The molecular formula is C10H4BrF5N4. The van der Waals surface area contributed by atoms with Crippen molar-refractivity contribution < 1.29 is 22.0 Å². The zero-order valence-electron chi connectivity index (χ0n) is 9.32. The van der Waals surface area contributed by atoms with E-state index in [-0.39, 0.29) is 16.1 Å². The second kappa shape index (κ2) is 5.19. The predicted octanol–water partition coefficient (Wildman–Crippen LogP) is 3.26. The fraction of sp³-hybridized carbons (Fsp3) is 0. The Labute approximate surface area is 117 Å². The molecule has 0 fully saturated rings. The van der Waals surface area contributed by atoms with Gasteiger partial charge in [0.05, 0.1) is 0 Å². The van der Waals surface area contributed by atoms with E-state index in [0.29, 0.717) is 0 Å². The predicted molar refractivity (Wildman–Crippen MR) is 63.7 cm³/mol. The van der Waals surface area contributed by atoms with Gasteiger partial charge < -0.3 is 11.1 Å². The van der Waals surface area contributed by atoms with Gasteiger partial charge in [0.1, 0.15) is 28.1 Å². The second-order valence-electron chi connectivity index (χ2n) is 3.49. The lowest BCUT2D eigenvalue weighted by molar-refractivity contribution is 0.382. The summed E-state index contributed by atoms with van der Waals surface area (Å²) in [7, 11) is 0. The van der Waals surface area contributed by atoms with E-state index in [0.717, 1.165) is 6.33 Å². The van der Waals surface area contributed by atoms with Crippen molar-refractivity contribution in [2.24, 2.45) is 0 Å². The quantitative estimate of drug-likeness (QED) is 0.493. The number of nitrogens with one attached hydrogen (secondary N) is 1. The first-order chi connectivity index (χ1) is 9.34. The molecule has 0 bridgehead atoms. The van der Waals surface area contributed by atoms with Gasteiger partial charge in [0, 0.05) is 0 Å². The average Bonchev–Trinajstić information content (AvgIpc) is 2.43. The van der Waals surface area contributed by atoms with Gasteiger partial charge >= 0.3 is 0 Å². The molecule has 2 rings (SSSR count). The van der Waals surface area contributed by atoms with Crippen LogP contribution in [0.25, 0.3) is 0 Å². The summed E-state index contributed by atoms with van der Waals surface area (Å²) in [6.07, 6.45) is 0.953. The Bertz CT molecular complexity index is 665. The molecule has 10 heteroatoms. The molecule has 0 saturated carbocycles. The van der Waals surface area contributed by atoms with Gasteiger partial charge in [-0.2, -0.15) is 0 Å². The molecule has 0 aliphatic carbocycles. The Morgan fingerprint density at radius 2 is 1.40 bits per heavy atom. The second-order valence-corrected chi connectivity index (χ2v) is 4.28. The van der Waals surface area contributed by atoms with E-state index in [1.54, 1.807) is 0 Å². The van der Waals surface area contributed by atoms with Crippen LogP contribution in [0.3, 0.4) is 0 Å². The number of anilines is 3. The molecule has 0 saturated heterocycles. The molecule has 0 aliphatic heterocycles. The third kappa shape index (κ3) is 2.26. The standard InChI is InChI=1S/C10H4BrF5N4/c11-2-9(17)18-1-19-10(2)20-8-6(15)4(13)3(12)5(14)7(8)16/h1H,(H3,17,18,19,20). The number of benzene rings is 1. The van der Waals surface area contributed by atoms with E-state index < -0.39 is 34.8 Å². The molecule has 20 heavy (non-hydrogen) atoms. The van der Waals surface area contributed by atoms with Crippen LogP contribution < -0.4 is 11.1 Å². The van der Waals surface area contributed by atoms with Crippen molar-refractivity contribution in [3.05, 3.63) is 39.9 Å². The van der Waals surface area contributed by atoms with Gasteiger partial charge in [-0.1, -0.05) is 0 Å². The van der Waals surface area contributed by atoms with Gasteiger partial charge in [-0.25, -0.2) is 31.9 Å². The highest BCUT2D eigenvalue weighted by molar-refractivity contribution is 9.10. The average molecular weight is 355 g/mol. The fourth-order valence-corrected chi connectivity index (χ4v) is 1.61. The van der Waals surface area contributed by atoms with Crippen molar-refractivity contribution in [2.45, 2.75) is 0 Å². The van der Waals surface area contributed by atoms with Gasteiger partial charge in [0.2, 0.25) is 5.82 Å². The topological polar surface area (TPSA) is 63.8 Å². The number of nitrogens with zero attached hydrogens (tertiary/aromatic N) is 2. The fourth-order valence-electron chi connectivity index (χ4n) is 1.30. The van der Waals surface area contributed by atoms with Gasteiger partial charge in [-0.3, -0.25) is 0 Å². The summed E-state index contributed by atoms with van der Waals surface area (Å²) in [5.74, 6) is -10.7. The first-order valence-corrected chi connectivity index (χ1v) is 5.68. The summed E-state index contributed by atoms with van der Waals surface area (Å²) in [5.41, 5.74) is 4.16. The van der Waals surface area contributed by atoms with Gasteiger partial charge in [-0.05, 0) is 15.9 Å². The summed E-state index contributed by atoms with van der Waals surface area (Å²) < 4.78 is 65.8. The van der Waals surface area contributed by atoms with E-state index in [4.69, 9.17) is 5.73 Å². The van der Waals surface area contributed by atoms with Crippen LogP contribution in [-0.4, -0.2) is 9.97 Å². The SMILES string of the molecule is Nc1ncnc(Nc2c(F)c(F)c(F)c(F)c2F)c1Br. The van der Waals surface area contributed by atoms with Crippen LogP contribution in [0.5, 0.6) is 0 Å². The van der Waals surface area contributed by atoms with E-state index >= 15 is 0 Å². The smallest absolute Gasteiger partial charge is 0.200 e. The summed E-state index contributed by atoms with van der Waals surface area (Å²) in [5, 5.41) is 1.98. The van der Waals surface area contributed by atoms with Crippen LogP contribution in [0.4, 0.5) is 39.3 Å². The van der Waals surface area contributed by atoms with Crippen molar-refractivity contribution in [2.75, 3.05) is 11.1 Å². The number of nitrogen functional groups attached to an aromatic ring is 1. The van der Waals surface area contributed by atoms with Crippen molar-refractivity contribution >= 4 is 33.3 Å². The lowest BCUT2D eigenvalue weighted by Gasteiger charge is -2.11. The molecule has 0 spiro atoms.